The first kappa shape index (κ1) is 24.2. The highest BCUT2D eigenvalue weighted by Gasteiger charge is 2.28. The van der Waals surface area contributed by atoms with Crippen LogP contribution >= 0.6 is 24.8 Å². The van der Waals surface area contributed by atoms with E-state index in [2.05, 4.69) is 16.8 Å². The van der Waals surface area contributed by atoms with E-state index in [1.807, 2.05) is 4.90 Å². The highest BCUT2D eigenvalue weighted by atomic mass is 35.5. The molecule has 146 valence electrons. The van der Waals surface area contributed by atoms with E-state index in [1.54, 1.807) is 6.08 Å². The van der Waals surface area contributed by atoms with Gasteiger partial charge in [-0.2, -0.15) is 0 Å². The molecule has 0 radical (unpaired) electrons. The first-order valence-corrected chi connectivity index (χ1v) is 8.73. The number of rotatable bonds is 6. The van der Waals surface area contributed by atoms with Crippen LogP contribution in [0.2, 0.25) is 0 Å². The molecule has 0 bridgehead atoms. The molecule has 0 aromatic heterocycles. The zero-order valence-electron chi connectivity index (χ0n) is 14.8. The molecule has 6 nitrogen and oxygen atoms in total. The number of carbonyl (C=O) groups excluding carboxylic acids is 2. The van der Waals surface area contributed by atoms with Gasteiger partial charge in [-0.15, -0.1) is 31.4 Å². The molecule has 2 fully saturated rings. The second-order valence-electron chi connectivity index (χ2n) is 6.66. The Balaban J connectivity index is 0.00000288. The van der Waals surface area contributed by atoms with Crippen LogP contribution in [0.1, 0.15) is 32.1 Å². The second kappa shape index (κ2) is 12.5. The quantitative estimate of drug-likeness (QED) is 0.663. The van der Waals surface area contributed by atoms with Crippen molar-refractivity contribution in [2.45, 2.75) is 38.1 Å². The number of nitrogens with zero attached hydrogens (tertiary/aromatic N) is 2. The predicted octanol–water partition coefficient (Wildman–Crippen LogP) is 1.18. The van der Waals surface area contributed by atoms with Crippen LogP contribution in [0.15, 0.2) is 12.7 Å². The summed E-state index contributed by atoms with van der Waals surface area (Å²) in [4.78, 5) is 28.2. The predicted molar refractivity (Wildman–Crippen MR) is 105 cm³/mol. The van der Waals surface area contributed by atoms with Crippen molar-refractivity contribution in [1.82, 2.24) is 15.1 Å². The Kier molecular flexibility index (Phi) is 12.1. The number of halogens is 2. The van der Waals surface area contributed by atoms with E-state index < -0.39 is 0 Å². The van der Waals surface area contributed by atoms with E-state index in [0.29, 0.717) is 38.5 Å². The van der Waals surface area contributed by atoms with Crippen molar-refractivity contribution >= 4 is 36.6 Å². The molecule has 3 N–H and O–H groups in total. The Bertz CT molecular complexity index is 429. The van der Waals surface area contributed by atoms with Gasteiger partial charge in [-0.3, -0.25) is 14.5 Å². The molecule has 2 amide bonds. The van der Waals surface area contributed by atoms with Crippen LogP contribution in [0.4, 0.5) is 0 Å². The Labute approximate surface area is 163 Å². The number of hydrogen-bond donors (Lipinski definition) is 2. The summed E-state index contributed by atoms with van der Waals surface area (Å²) in [5.74, 6) is 0.583. The van der Waals surface area contributed by atoms with Gasteiger partial charge in [0.15, 0.2) is 0 Å². The molecule has 0 aromatic rings. The van der Waals surface area contributed by atoms with E-state index in [0.717, 1.165) is 25.9 Å². The summed E-state index contributed by atoms with van der Waals surface area (Å²) in [6.07, 6.45) is 6.77. The number of hydrogen-bond acceptors (Lipinski definition) is 4. The molecule has 1 heterocycles. The molecule has 1 saturated carbocycles. The van der Waals surface area contributed by atoms with Gasteiger partial charge >= 0.3 is 0 Å². The van der Waals surface area contributed by atoms with Gasteiger partial charge in [-0.1, -0.05) is 18.9 Å². The average molecular weight is 395 g/mol. The van der Waals surface area contributed by atoms with Crippen molar-refractivity contribution in [3.63, 3.8) is 0 Å². The van der Waals surface area contributed by atoms with E-state index >= 15 is 0 Å². The van der Waals surface area contributed by atoms with Crippen LogP contribution in [0.3, 0.4) is 0 Å². The molecule has 2 aliphatic rings. The smallest absolute Gasteiger partial charge is 0.234 e. The lowest BCUT2D eigenvalue weighted by atomic mass is 9.82. The molecule has 2 rings (SSSR count). The largest absolute Gasteiger partial charge is 0.352 e. The number of amides is 2. The lowest BCUT2D eigenvalue weighted by molar-refractivity contribution is -0.134. The van der Waals surface area contributed by atoms with Crippen molar-refractivity contribution in [2.24, 2.45) is 11.7 Å². The van der Waals surface area contributed by atoms with E-state index in [-0.39, 0.29) is 42.7 Å². The van der Waals surface area contributed by atoms with Crippen LogP contribution in [-0.4, -0.2) is 66.9 Å². The minimum absolute atomic E-state index is 0. The van der Waals surface area contributed by atoms with Gasteiger partial charge < -0.3 is 16.0 Å². The first-order chi connectivity index (χ1) is 11.1. The van der Waals surface area contributed by atoms with Crippen molar-refractivity contribution < 1.29 is 9.59 Å². The first-order valence-electron chi connectivity index (χ1n) is 8.73. The van der Waals surface area contributed by atoms with Gasteiger partial charge in [0.05, 0.1) is 6.54 Å². The van der Waals surface area contributed by atoms with Gasteiger partial charge in [-0.25, -0.2) is 0 Å². The fourth-order valence-corrected chi connectivity index (χ4v) is 3.44. The maximum Gasteiger partial charge on any atom is 0.234 e. The van der Waals surface area contributed by atoms with Crippen molar-refractivity contribution in [2.75, 3.05) is 39.3 Å². The summed E-state index contributed by atoms with van der Waals surface area (Å²) in [6, 6.07) is 0.183. The maximum atomic E-state index is 12.4. The van der Waals surface area contributed by atoms with E-state index in [9.17, 15) is 9.59 Å². The Morgan fingerprint density at radius 1 is 1.12 bits per heavy atom. The summed E-state index contributed by atoms with van der Waals surface area (Å²) >= 11 is 0. The number of nitrogens with one attached hydrogen (secondary N) is 1. The fraction of sp³-hybridized carbons (Fsp3) is 0.765. The summed E-state index contributed by atoms with van der Waals surface area (Å²) in [5.41, 5.74) is 6.14. The van der Waals surface area contributed by atoms with E-state index in [4.69, 9.17) is 5.73 Å². The lowest BCUT2D eigenvalue weighted by Gasteiger charge is -2.36. The minimum Gasteiger partial charge on any atom is -0.352 e. The van der Waals surface area contributed by atoms with Gasteiger partial charge in [-0.05, 0) is 18.8 Å². The van der Waals surface area contributed by atoms with Crippen molar-refractivity contribution in [3.05, 3.63) is 12.7 Å². The molecule has 0 aromatic carbocycles. The normalized spacial score (nSPS) is 23.8. The molecular weight excluding hydrogens is 363 g/mol. The number of nitrogens with two attached hydrogens (primary N) is 1. The molecule has 1 saturated heterocycles. The minimum atomic E-state index is 0. The molecule has 1 aliphatic heterocycles. The summed E-state index contributed by atoms with van der Waals surface area (Å²) in [7, 11) is 0. The van der Waals surface area contributed by atoms with Crippen molar-refractivity contribution in [3.8, 4) is 0 Å². The summed E-state index contributed by atoms with van der Waals surface area (Å²) in [5, 5.41) is 2.78. The average Bonchev–Trinajstić information content (AvgIpc) is 2.55. The van der Waals surface area contributed by atoms with Crippen LogP contribution in [0.5, 0.6) is 0 Å². The molecule has 1 aliphatic carbocycles. The van der Waals surface area contributed by atoms with Crippen LogP contribution in [-0.2, 0) is 9.59 Å². The zero-order chi connectivity index (χ0) is 16.7. The van der Waals surface area contributed by atoms with Crippen LogP contribution in [0, 0.1) is 5.92 Å². The number of carbonyl (C=O) groups is 2. The van der Waals surface area contributed by atoms with Gasteiger partial charge in [0.2, 0.25) is 11.8 Å². The second-order valence-corrected chi connectivity index (χ2v) is 6.66. The number of piperazine rings is 1. The maximum absolute atomic E-state index is 12.4. The summed E-state index contributed by atoms with van der Waals surface area (Å²) in [6.45, 7) is 7.39. The standard InChI is InChI=1S/C17H30N4O2.2ClH/c1-2-7-19-16(22)13-20-8-10-21(11-9-20)17(23)12-14-5-3-4-6-15(14)18;;/h2,14-15H,1,3-13,18H2,(H,19,22);2*1H. The molecule has 25 heavy (non-hydrogen) atoms. The zero-order valence-corrected chi connectivity index (χ0v) is 16.5. The third-order valence-electron chi connectivity index (χ3n) is 4.94. The van der Waals surface area contributed by atoms with Gasteiger partial charge in [0.25, 0.3) is 0 Å². The highest BCUT2D eigenvalue weighted by Crippen LogP contribution is 2.26. The molecule has 2 unspecified atom stereocenters. The Morgan fingerprint density at radius 2 is 1.76 bits per heavy atom. The fourth-order valence-electron chi connectivity index (χ4n) is 3.44. The molecule has 8 heteroatoms. The Morgan fingerprint density at radius 3 is 2.36 bits per heavy atom. The monoisotopic (exact) mass is 394 g/mol. The molecule has 0 spiro atoms. The van der Waals surface area contributed by atoms with Crippen LogP contribution < -0.4 is 11.1 Å². The topological polar surface area (TPSA) is 78.7 Å². The third-order valence-corrected chi connectivity index (χ3v) is 4.94. The Hall–Kier alpha value is -0.820. The molecular formula is C17H32Cl2N4O2. The lowest BCUT2D eigenvalue weighted by Crippen LogP contribution is -2.51. The SMILES string of the molecule is C=CCNC(=O)CN1CCN(C(=O)CC2CCCCC2N)CC1.Cl.Cl. The van der Waals surface area contributed by atoms with Crippen LogP contribution in [0.25, 0.3) is 0 Å². The van der Waals surface area contributed by atoms with Gasteiger partial charge in [0, 0.05) is 45.2 Å². The summed E-state index contributed by atoms with van der Waals surface area (Å²) < 4.78 is 0. The molecule has 2 atom stereocenters. The van der Waals surface area contributed by atoms with Gasteiger partial charge in [0.1, 0.15) is 0 Å². The highest BCUT2D eigenvalue weighted by molar-refractivity contribution is 5.85. The van der Waals surface area contributed by atoms with E-state index in [1.165, 1.54) is 12.8 Å². The van der Waals surface area contributed by atoms with Crippen molar-refractivity contribution in [1.29, 1.82) is 0 Å². The third kappa shape index (κ3) is 7.94.